The van der Waals surface area contributed by atoms with Crippen molar-refractivity contribution >= 4 is 0 Å². The van der Waals surface area contributed by atoms with Gasteiger partial charge in [0.1, 0.15) is 0 Å². The van der Waals surface area contributed by atoms with Crippen molar-refractivity contribution in [1.82, 2.24) is 0 Å². The zero-order valence-electron chi connectivity index (χ0n) is 17.3. The molecule has 1 rings (SSSR count). The highest BCUT2D eigenvalue weighted by Gasteiger charge is 2.33. The second-order valence-electron chi connectivity index (χ2n) is 7.93. The highest BCUT2D eigenvalue weighted by molar-refractivity contribution is 4.86. The van der Waals surface area contributed by atoms with Crippen molar-refractivity contribution in [2.45, 2.75) is 129 Å². The van der Waals surface area contributed by atoms with Crippen LogP contribution >= 0.6 is 0 Å². The highest BCUT2D eigenvalue weighted by Crippen LogP contribution is 2.44. The molecule has 0 heteroatoms. The molecule has 2 atom stereocenters. The maximum absolute atomic E-state index is 3.96. The smallest absolute Gasteiger partial charge is 0.0383 e. The van der Waals surface area contributed by atoms with E-state index in [1.807, 2.05) is 0 Å². The van der Waals surface area contributed by atoms with Gasteiger partial charge in [0.2, 0.25) is 0 Å². The molecule has 0 aliphatic heterocycles. The summed E-state index contributed by atoms with van der Waals surface area (Å²) in [5.74, 6) is 2.08. The van der Waals surface area contributed by atoms with E-state index >= 15 is 0 Å². The molecule has 2 radical (unpaired) electrons. The Morgan fingerprint density at radius 2 is 1.04 bits per heavy atom. The summed E-state index contributed by atoms with van der Waals surface area (Å²) in [5.41, 5.74) is 0. The van der Waals surface area contributed by atoms with Crippen molar-refractivity contribution in [3.8, 4) is 0 Å². The van der Waals surface area contributed by atoms with Gasteiger partial charge >= 0.3 is 0 Å². The highest BCUT2D eigenvalue weighted by atomic mass is 14.4. The quantitative estimate of drug-likeness (QED) is 0.247. The summed E-state index contributed by atoms with van der Waals surface area (Å²) in [7, 11) is 0. The third kappa shape index (κ3) is 16.8. The fourth-order valence-corrected chi connectivity index (χ4v) is 3.51. The Morgan fingerprint density at radius 3 is 1.46 bits per heavy atom. The first-order valence-electron chi connectivity index (χ1n) is 11.4. The van der Waals surface area contributed by atoms with E-state index in [0.717, 1.165) is 18.3 Å². The van der Waals surface area contributed by atoms with Crippen LogP contribution in [0.3, 0.4) is 0 Å². The fourth-order valence-electron chi connectivity index (χ4n) is 3.51. The van der Waals surface area contributed by atoms with Gasteiger partial charge in [0.15, 0.2) is 0 Å². The van der Waals surface area contributed by atoms with Gasteiger partial charge in [-0.05, 0) is 18.3 Å². The summed E-state index contributed by atoms with van der Waals surface area (Å²) in [6.45, 7) is 12.3. The molecule has 24 heavy (non-hydrogen) atoms. The molecule has 0 aromatic heterocycles. The Kier molecular flexibility index (Phi) is 19.3. The lowest BCUT2D eigenvalue weighted by Crippen LogP contribution is -1.83. The van der Waals surface area contributed by atoms with Gasteiger partial charge in [-0.25, -0.2) is 0 Å². The summed E-state index contributed by atoms with van der Waals surface area (Å²) in [4.78, 5) is 0. The van der Waals surface area contributed by atoms with Gasteiger partial charge in [0, 0.05) is 0 Å². The van der Waals surface area contributed by atoms with Crippen LogP contribution < -0.4 is 0 Å². The molecule has 1 saturated carbocycles. The Labute approximate surface area is 155 Å². The SMILES string of the molecule is [CH2]CC1CC1CCCCCCC.[CH2]CCCCCCCCCCC. The van der Waals surface area contributed by atoms with Crippen LogP contribution in [0.1, 0.15) is 129 Å². The lowest BCUT2D eigenvalue weighted by molar-refractivity contribution is 0.557. The van der Waals surface area contributed by atoms with E-state index < -0.39 is 0 Å². The molecule has 1 fully saturated rings. The number of rotatable bonds is 16. The van der Waals surface area contributed by atoms with E-state index in [4.69, 9.17) is 0 Å². The van der Waals surface area contributed by atoms with Crippen LogP contribution in [0.5, 0.6) is 0 Å². The van der Waals surface area contributed by atoms with Gasteiger partial charge in [-0.15, -0.1) is 0 Å². The Bertz CT molecular complexity index is 210. The van der Waals surface area contributed by atoms with Crippen molar-refractivity contribution in [1.29, 1.82) is 0 Å². The summed E-state index contributed by atoms with van der Waals surface area (Å²) in [6.07, 6.45) is 25.2. The maximum atomic E-state index is 3.96. The summed E-state index contributed by atoms with van der Waals surface area (Å²) >= 11 is 0. The molecule has 1 aliphatic carbocycles. The van der Waals surface area contributed by atoms with E-state index in [2.05, 4.69) is 27.7 Å². The Morgan fingerprint density at radius 1 is 0.583 bits per heavy atom. The first kappa shape index (κ1) is 24.0. The standard InChI is InChI=1S/C12H23.C12H25/c1-3-5-6-7-8-9-12-10-11(12)4-2;1-3-5-7-9-11-12-10-8-6-4-2/h11-12H,2-10H2,1H3;1,3-12H2,2H3. The van der Waals surface area contributed by atoms with Gasteiger partial charge in [0.25, 0.3) is 0 Å². The molecule has 0 aromatic rings. The molecule has 0 amide bonds. The molecule has 0 N–H and O–H groups in total. The van der Waals surface area contributed by atoms with Crippen molar-refractivity contribution < 1.29 is 0 Å². The predicted octanol–water partition coefficient (Wildman–Crippen LogP) is 8.95. The zero-order chi connectivity index (χ0) is 17.9. The summed E-state index contributed by atoms with van der Waals surface area (Å²) in [6, 6.07) is 0. The normalized spacial score (nSPS) is 19.0. The van der Waals surface area contributed by atoms with Crippen LogP contribution in [0, 0.1) is 25.7 Å². The number of unbranched alkanes of at least 4 members (excludes halogenated alkanes) is 13. The van der Waals surface area contributed by atoms with Crippen molar-refractivity contribution in [3.05, 3.63) is 13.8 Å². The lowest BCUT2D eigenvalue weighted by Gasteiger charge is -1.99. The molecular weight excluding hydrogens is 288 g/mol. The van der Waals surface area contributed by atoms with Crippen LogP contribution in [0.4, 0.5) is 0 Å². The van der Waals surface area contributed by atoms with Gasteiger partial charge in [-0.1, -0.05) is 137 Å². The van der Waals surface area contributed by atoms with Crippen LogP contribution in [0.2, 0.25) is 0 Å². The first-order chi connectivity index (χ1) is 11.8. The van der Waals surface area contributed by atoms with Crippen LogP contribution in [-0.2, 0) is 0 Å². The van der Waals surface area contributed by atoms with Gasteiger partial charge in [0.05, 0.1) is 0 Å². The van der Waals surface area contributed by atoms with E-state index in [0.29, 0.717) is 0 Å². The van der Waals surface area contributed by atoms with E-state index in [1.54, 1.807) is 0 Å². The molecular formula is C24H48. The van der Waals surface area contributed by atoms with Crippen LogP contribution in [-0.4, -0.2) is 0 Å². The molecule has 0 nitrogen and oxygen atoms in total. The summed E-state index contributed by atoms with van der Waals surface area (Å²) in [5, 5.41) is 0. The zero-order valence-corrected chi connectivity index (χ0v) is 17.3. The first-order valence-corrected chi connectivity index (χ1v) is 11.4. The monoisotopic (exact) mass is 336 g/mol. The number of hydrogen-bond donors (Lipinski definition) is 0. The topological polar surface area (TPSA) is 0 Å². The molecule has 0 spiro atoms. The average molecular weight is 337 g/mol. The fraction of sp³-hybridized carbons (Fsp3) is 0.917. The second-order valence-corrected chi connectivity index (χ2v) is 7.93. The Hall–Kier alpha value is 0. The minimum absolute atomic E-state index is 1.01. The third-order valence-electron chi connectivity index (χ3n) is 5.47. The van der Waals surface area contributed by atoms with Gasteiger partial charge in [-0.3, -0.25) is 0 Å². The predicted molar refractivity (Wildman–Crippen MR) is 112 cm³/mol. The maximum Gasteiger partial charge on any atom is -0.0383 e. The molecule has 2 unspecified atom stereocenters. The second kappa shape index (κ2) is 19.3. The van der Waals surface area contributed by atoms with Crippen molar-refractivity contribution in [2.75, 3.05) is 0 Å². The van der Waals surface area contributed by atoms with Gasteiger partial charge < -0.3 is 0 Å². The number of hydrogen-bond acceptors (Lipinski definition) is 0. The molecule has 144 valence electrons. The third-order valence-corrected chi connectivity index (χ3v) is 5.47. The minimum Gasteiger partial charge on any atom is -0.0654 e. The van der Waals surface area contributed by atoms with Gasteiger partial charge in [-0.2, -0.15) is 0 Å². The molecule has 0 heterocycles. The van der Waals surface area contributed by atoms with Crippen LogP contribution in [0.25, 0.3) is 0 Å². The van der Waals surface area contributed by atoms with E-state index in [9.17, 15) is 0 Å². The average Bonchev–Trinajstić information content (AvgIpc) is 3.36. The molecule has 0 bridgehead atoms. The Balaban J connectivity index is 0.000000441. The minimum atomic E-state index is 1.01. The summed E-state index contributed by atoms with van der Waals surface area (Å²) < 4.78 is 0. The molecule has 0 aromatic carbocycles. The molecule has 1 aliphatic rings. The lowest BCUT2D eigenvalue weighted by atomic mass is 10.1. The van der Waals surface area contributed by atoms with Crippen molar-refractivity contribution in [3.63, 3.8) is 0 Å². The molecule has 0 saturated heterocycles. The van der Waals surface area contributed by atoms with Crippen LogP contribution in [0.15, 0.2) is 0 Å². The van der Waals surface area contributed by atoms with E-state index in [1.165, 1.54) is 109 Å². The van der Waals surface area contributed by atoms with E-state index in [-0.39, 0.29) is 0 Å². The largest absolute Gasteiger partial charge is 0.0654 e. The van der Waals surface area contributed by atoms with Crippen molar-refractivity contribution in [2.24, 2.45) is 11.8 Å².